The van der Waals surface area contributed by atoms with Crippen molar-refractivity contribution in [1.82, 2.24) is 0 Å². The number of aliphatic hydroxyl groups is 2. The Morgan fingerprint density at radius 2 is 2.00 bits per heavy atom. The van der Waals surface area contributed by atoms with Gasteiger partial charge in [0, 0.05) is 0 Å². The van der Waals surface area contributed by atoms with Gasteiger partial charge in [0.1, 0.15) is 0 Å². The molecule has 7 nitrogen and oxygen atoms in total. The van der Waals surface area contributed by atoms with Gasteiger partial charge in [-0.25, -0.2) is 0 Å². The van der Waals surface area contributed by atoms with Crippen LogP contribution < -0.4 is 0 Å². The summed E-state index contributed by atoms with van der Waals surface area (Å²) in [5, 5.41) is 18.9. The second kappa shape index (κ2) is 4.59. The molecule has 1 rings (SSSR count). The summed E-state index contributed by atoms with van der Waals surface area (Å²) in [7, 11) is -4.73. The second-order valence-electron chi connectivity index (χ2n) is 2.80. The normalized spacial score (nSPS) is 38.9. The third-order valence-corrected chi connectivity index (χ3v) is 3.02. The molecule has 0 aromatic heterocycles. The van der Waals surface area contributed by atoms with E-state index in [1.807, 2.05) is 0 Å². The first-order chi connectivity index (χ1) is 6.35. The van der Waals surface area contributed by atoms with Crippen LogP contribution in [0.2, 0.25) is 5.21 Å². The van der Waals surface area contributed by atoms with Crippen molar-refractivity contribution in [1.29, 1.82) is 0 Å². The predicted octanol–water partition coefficient (Wildman–Crippen LogP) is -1.87. The molecule has 0 spiro atoms. The van der Waals surface area contributed by atoms with Crippen molar-refractivity contribution in [3.63, 3.8) is 0 Å². The van der Waals surface area contributed by atoms with E-state index in [0.29, 0.717) is 5.21 Å². The fourth-order valence-electron chi connectivity index (χ4n) is 1.14. The van der Waals surface area contributed by atoms with Crippen LogP contribution in [0.1, 0.15) is 0 Å². The molecular formula is C5H10AsO7P. The van der Waals surface area contributed by atoms with Crippen LogP contribution in [-0.4, -0.2) is 61.5 Å². The van der Waals surface area contributed by atoms with Crippen molar-refractivity contribution in [2.24, 2.45) is 0 Å². The molecule has 0 aromatic carbocycles. The molecule has 1 saturated heterocycles. The SMILES string of the molecule is O=P(O)(O)O[C@@H]1[C@H](O)[C@@H](C[As])O[C@H]1O. The second-order valence-corrected chi connectivity index (χ2v) is 4.76. The van der Waals surface area contributed by atoms with Crippen LogP contribution in [0.5, 0.6) is 0 Å². The standard InChI is InChI=1S/C5H10AsO7P/c6-1-2-3(7)4(5(8)12-2)13-14(9,10)11/h2-5,7-8H,1H2,(H2,9,10,11)/t2-,3-,4-,5-/m1/s1. The maximum absolute atomic E-state index is 10.5. The molecule has 0 unspecified atom stereocenters. The van der Waals surface area contributed by atoms with Gasteiger partial charge in [-0.05, 0) is 0 Å². The van der Waals surface area contributed by atoms with E-state index in [4.69, 9.17) is 19.6 Å². The van der Waals surface area contributed by atoms with Crippen molar-refractivity contribution >= 4 is 24.7 Å². The minimum atomic E-state index is -4.73. The molecule has 0 aliphatic carbocycles. The summed E-state index contributed by atoms with van der Waals surface area (Å²) < 4.78 is 19.5. The Morgan fingerprint density at radius 3 is 2.36 bits per heavy atom. The Kier molecular flexibility index (Phi) is 4.14. The quantitative estimate of drug-likeness (QED) is 0.355. The number of phosphoric acid groups is 1. The topological polar surface area (TPSA) is 116 Å². The summed E-state index contributed by atoms with van der Waals surface area (Å²) >= 11 is 2.14. The van der Waals surface area contributed by atoms with Gasteiger partial charge in [0.05, 0.1) is 0 Å². The zero-order valence-electron chi connectivity index (χ0n) is 6.92. The van der Waals surface area contributed by atoms with Gasteiger partial charge in [-0.1, -0.05) is 0 Å². The van der Waals surface area contributed by atoms with E-state index in [0.717, 1.165) is 0 Å². The number of ether oxygens (including phenoxy) is 1. The van der Waals surface area contributed by atoms with Gasteiger partial charge in [-0.3, -0.25) is 0 Å². The molecule has 1 aliphatic heterocycles. The van der Waals surface area contributed by atoms with Crippen LogP contribution in [0.15, 0.2) is 0 Å². The van der Waals surface area contributed by atoms with Crippen molar-refractivity contribution in [2.45, 2.75) is 29.8 Å². The van der Waals surface area contributed by atoms with E-state index >= 15 is 0 Å². The Labute approximate surface area is 88.8 Å². The fraction of sp³-hybridized carbons (Fsp3) is 1.00. The molecule has 1 heterocycles. The molecule has 4 N–H and O–H groups in total. The van der Waals surface area contributed by atoms with Gasteiger partial charge in [-0.15, -0.1) is 0 Å². The Hall–Kier alpha value is 0.548. The number of aliphatic hydroxyl groups excluding tert-OH is 2. The van der Waals surface area contributed by atoms with Gasteiger partial charge >= 0.3 is 88.3 Å². The van der Waals surface area contributed by atoms with E-state index in [2.05, 4.69) is 21.4 Å². The summed E-state index contributed by atoms with van der Waals surface area (Å²) in [4.78, 5) is 17.0. The maximum atomic E-state index is 10.5. The van der Waals surface area contributed by atoms with Crippen LogP contribution in [0.4, 0.5) is 0 Å². The van der Waals surface area contributed by atoms with Crippen LogP contribution in [0, 0.1) is 0 Å². The first kappa shape index (κ1) is 12.6. The molecule has 1 aliphatic rings. The predicted molar refractivity (Wildman–Crippen MR) is 44.4 cm³/mol. The first-order valence-electron chi connectivity index (χ1n) is 3.71. The average molecular weight is 288 g/mol. The Bertz CT molecular complexity index is 242. The molecule has 9 heteroatoms. The molecule has 0 bridgehead atoms. The number of hydrogen-bond donors (Lipinski definition) is 4. The van der Waals surface area contributed by atoms with Crippen LogP contribution in [0.3, 0.4) is 0 Å². The molecule has 2 radical (unpaired) electrons. The van der Waals surface area contributed by atoms with Gasteiger partial charge < -0.3 is 0 Å². The van der Waals surface area contributed by atoms with Gasteiger partial charge in [0.25, 0.3) is 0 Å². The zero-order valence-corrected chi connectivity index (χ0v) is 9.70. The summed E-state index contributed by atoms with van der Waals surface area (Å²) in [6.07, 6.45) is -4.88. The Balaban J connectivity index is 2.65. The molecule has 82 valence electrons. The number of rotatable bonds is 3. The van der Waals surface area contributed by atoms with Crippen molar-refractivity contribution in [2.75, 3.05) is 0 Å². The van der Waals surface area contributed by atoms with Crippen molar-refractivity contribution in [3.8, 4) is 0 Å². The van der Waals surface area contributed by atoms with Crippen molar-refractivity contribution in [3.05, 3.63) is 0 Å². The summed E-state index contributed by atoms with van der Waals surface area (Å²) in [5.41, 5.74) is 0. The van der Waals surface area contributed by atoms with Gasteiger partial charge in [0.2, 0.25) is 0 Å². The van der Waals surface area contributed by atoms with E-state index < -0.39 is 32.4 Å². The molecule has 0 aromatic rings. The van der Waals surface area contributed by atoms with Gasteiger partial charge in [-0.2, -0.15) is 0 Å². The fourth-order valence-corrected chi connectivity index (χ4v) is 2.32. The van der Waals surface area contributed by atoms with Crippen molar-refractivity contribution < 1.29 is 33.8 Å². The number of phosphoric ester groups is 1. The summed E-state index contributed by atoms with van der Waals surface area (Å²) in [6, 6.07) is 0. The van der Waals surface area contributed by atoms with Crippen LogP contribution >= 0.6 is 7.82 Å². The summed E-state index contributed by atoms with van der Waals surface area (Å²) in [6.45, 7) is 0. The third kappa shape index (κ3) is 3.02. The van der Waals surface area contributed by atoms with Crippen LogP contribution in [-0.2, 0) is 13.8 Å². The Morgan fingerprint density at radius 1 is 1.43 bits per heavy atom. The molecule has 0 amide bonds. The number of hydrogen-bond acceptors (Lipinski definition) is 5. The average Bonchev–Trinajstić information content (AvgIpc) is 2.29. The molecular weight excluding hydrogens is 278 g/mol. The minimum absolute atomic E-state index is 0.353. The zero-order chi connectivity index (χ0) is 10.9. The van der Waals surface area contributed by atoms with E-state index in [1.54, 1.807) is 0 Å². The van der Waals surface area contributed by atoms with Gasteiger partial charge in [0.15, 0.2) is 0 Å². The van der Waals surface area contributed by atoms with Crippen LogP contribution in [0.25, 0.3) is 0 Å². The first-order valence-corrected chi connectivity index (χ1v) is 6.57. The molecule has 4 atom stereocenters. The molecule has 14 heavy (non-hydrogen) atoms. The van der Waals surface area contributed by atoms with E-state index in [-0.39, 0.29) is 0 Å². The monoisotopic (exact) mass is 288 g/mol. The van der Waals surface area contributed by atoms with E-state index in [9.17, 15) is 9.67 Å². The third-order valence-electron chi connectivity index (χ3n) is 1.75. The molecule has 0 saturated carbocycles. The van der Waals surface area contributed by atoms with E-state index in [1.165, 1.54) is 0 Å². The summed E-state index contributed by atoms with van der Waals surface area (Å²) in [5.74, 6) is 0. The molecule has 1 fully saturated rings.